The maximum atomic E-state index is 11.7. The normalized spacial score (nSPS) is 10.5. The summed E-state index contributed by atoms with van der Waals surface area (Å²) in [6.45, 7) is 5.70. The van der Waals surface area contributed by atoms with E-state index in [0.29, 0.717) is 5.56 Å². The van der Waals surface area contributed by atoms with Crippen molar-refractivity contribution in [1.82, 2.24) is 0 Å². The zero-order valence-corrected chi connectivity index (χ0v) is 10.1. The van der Waals surface area contributed by atoms with Crippen molar-refractivity contribution in [2.75, 3.05) is 0 Å². The molecule has 2 heteroatoms. The Hall–Kier alpha value is -1.44. The topological polar surface area (TPSA) is 34.1 Å². The second-order valence-electron chi connectivity index (χ2n) is 4.27. The highest BCUT2D eigenvalue weighted by Crippen LogP contribution is 2.09. The molecule has 16 heavy (non-hydrogen) atoms. The number of aryl methyl sites for hydroxylation is 1. The molecule has 86 valence electrons. The smallest absolute Gasteiger partial charge is 0.170 e. The standard InChI is InChI=1S/C14H18O2/c1-4-11-5-7-12(8-6-11)14(16)9-13(15)10(2)3/h5-8,10H,4,9H2,1-3H3. The van der Waals surface area contributed by atoms with Crippen molar-refractivity contribution in [2.45, 2.75) is 33.6 Å². The van der Waals surface area contributed by atoms with E-state index in [1.165, 1.54) is 5.56 Å². The van der Waals surface area contributed by atoms with E-state index in [0.717, 1.165) is 6.42 Å². The quantitative estimate of drug-likeness (QED) is 0.562. The summed E-state index contributed by atoms with van der Waals surface area (Å²) >= 11 is 0. The largest absolute Gasteiger partial charge is 0.299 e. The third-order valence-corrected chi connectivity index (χ3v) is 2.66. The molecular weight excluding hydrogens is 200 g/mol. The summed E-state index contributed by atoms with van der Waals surface area (Å²) in [4.78, 5) is 23.2. The Morgan fingerprint density at radius 3 is 2.12 bits per heavy atom. The van der Waals surface area contributed by atoms with Gasteiger partial charge in [-0.15, -0.1) is 0 Å². The Kier molecular flexibility index (Phi) is 4.41. The molecular formula is C14H18O2. The highest BCUT2D eigenvalue weighted by atomic mass is 16.1. The van der Waals surface area contributed by atoms with Crippen LogP contribution in [0.5, 0.6) is 0 Å². The van der Waals surface area contributed by atoms with Crippen LogP contribution in [0, 0.1) is 5.92 Å². The van der Waals surface area contributed by atoms with Gasteiger partial charge in [-0.3, -0.25) is 9.59 Å². The van der Waals surface area contributed by atoms with Crippen LogP contribution in [0.15, 0.2) is 24.3 Å². The number of carbonyl (C=O) groups excluding carboxylic acids is 2. The van der Waals surface area contributed by atoms with Crippen LogP contribution in [0.4, 0.5) is 0 Å². The molecule has 0 aliphatic rings. The van der Waals surface area contributed by atoms with Gasteiger partial charge < -0.3 is 0 Å². The number of Topliss-reactive ketones (excluding diaryl/α,β-unsaturated/α-hetero) is 2. The van der Waals surface area contributed by atoms with Gasteiger partial charge in [0.05, 0.1) is 6.42 Å². The average molecular weight is 218 g/mol. The summed E-state index contributed by atoms with van der Waals surface area (Å²) in [5, 5.41) is 0. The van der Waals surface area contributed by atoms with Gasteiger partial charge in [0, 0.05) is 11.5 Å². The van der Waals surface area contributed by atoms with Crippen molar-refractivity contribution in [2.24, 2.45) is 5.92 Å². The van der Waals surface area contributed by atoms with E-state index in [1.807, 2.05) is 26.0 Å². The van der Waals surface area contributed by atoms with Gasteiger partial charge in [0.15, 0.2) is 5.78 Å². The van der Waals surface area contributed by atoms with Crippen LogP contribution in [0.3, 0.4) is 0 Å². The van der Waals surface area contributed by atoms with E-state index in [4.69, 9.17) is 0 Å². The summed E-state index contributed by atoms with van der Waals surface area (Å²) < 4.78 is 0. The molecule has 0 amide bonds. The maximum absolute atomic E-state index is 11.7. The summed E-state index contributed by atoms with van der Waals surface area (Å²) in [7, 11) is 0. The molecule has 0 heterocycles. The first-order valence-corrected chi connectivity index (χ1v) is 5.69. The van der Waals surface area contributed by atoms with Gasteiger partial charge in [0.1, 0.15) is 5.78 Å². The molecule has 0 N–H and O–H groups in total. The van der Waals surface area contributed by atoms with Crippen LogP contribution in [-0.4, -0.2) is 11.6 Å². The molecule has 0 aliphatic heterocycles. The molecule has 1 aromatic carbocycles. The second-order valence-corrected chi connectivity index (χ2v) is 4.27. The molecule has 1 aromatic rings. The zero-order valence-electron chi connectivity index (χ0n) is 10.1. The molecule has 0 unspecified atom stereocenters. The van der Waals surface area contributed by atoms with Gasteiger partial charge in [0.25, 0.3) is 0 Å². The molecule has 0 saturated carbocycles. The number of hydrogen-bond acceptors (Lipinski definition) is 2. The predicted octanol–water partition coefficient (Wildman–Crippen LogP) is 3.05. The van der Waals surface area contributed by atoms with Gasteiger partial charge >= 0.3 is 0 Å². The number of rotatable bonds is 5. The number of benzene rings is 1. The number of carbonyl (C=O) groups is 2. The highest BCUT2D eigenvalue weighted by Gasteiger charge is 2.14. The molecule has 1 rings (SSSR count). The first-order valence-electron chi connectivity index (χ1n) is 5.69. The molecule has 0 atom stereocenters. The van der Waals surface area contributed by atoms with Crippen molar-refractivity contribution >= 4 is 11.6 Å². The average Bonchev–Trinajstić information content (AvgIpc) is 2.28. The van der Waals surface area contributed by atoms with Crippen molar-refractivity contribution in [3.63, 3.8) is 0 Å². The van der Waals surface area contributed by atoms with Crippen LogP contribution in [0.2, 0.25) is 0 Å². The minimum atomic E-state index is -0.0821. The van der Waals surface area contributed by atoms with Crippen LogP contribution in [-0.2, 0) is 11.2 Å². The van der Waals surface area contributed by atoms with Crippen molar-refractivity contribution < 1.29 is 9.59 Å². The third-order valence-electron chi connectivity index (χ3n) is 2.66. The SMILES string of the molecule is CCc1ccc(C(=O)CC(=O)C(C)C)cc1. The van der Waals surface area contributed by atoms with Crippen LogP contribution in [0.25, 0.3) is 0 Å². The molecule has 0 spiro atoms. The minimum Gasteiger partial charge on any atom is -0.299 e. The lowest BCUT2D eigenvalue weighted by atomic mass is 9.99. The van der Waals surface area contributed by atoms with Gasteiger partial charge in [-0.2, -0.15) is 0 Å². The van der Waals surface area contributed by atoms with Crippen molar-refractivity contribution in [1.29, 1.82) is 0 Å². The second kappa shape index (κ2) is 5.59. The highest BCUT2D eigenvalue weighted by molar-refractivity contribution is 6.08. The zero-order chi connectivity index (χ0) is 12.1. The molecule has 0 saturated heterocycles. The molecule has 0 radical (unpaired) electrons. The molecule has 0 fully saturated rings. The lowest BCUT2D eigenvalue weighted by Gasteiger charge is -2.04. The summed E-state index contributed by atoms with van der Waals surface area (Å²) in [6.07, 6.45) is 0.975. The van der Waals surface area contributed by atoms with Crippen LogP contribution in [0.1, 0.15) is 43.1 Å². The van der Waals surface area contributed by atoms with E-state index in [-0.39, 0.29) is 23.9 Å². The Labute approximate surface area is 96.7 Å². The monoisotopic (exact) mass is 218 g/mol. The fourth-order valence-corrected chi connectivity index (χ4v) is 1.39. The van der Waals surface area contributed by atoms with Gasteiger partial charge in [-0.1, -0.05) is 45.0 Å². The number of ketones is 2. The molecule has 0 aliphatic carbocycles. The maximum Gasteiger partial charge on any atom is 0.170 e. The van der Waals surface area contributed by atoms with Crippen LogP contribution < -0.4 is 0 Å². The number of hydrogen-bond donors (Lipinski definition) is 0. The lowest BCUT2D eigenvalue weighted by molar-refractivity contribution is -0.121. The fraction of sp³-hybridized carbons (Fsp3) is 0.429. The Bertz CT molecular complexity index is 374. The lowest BCUT2D eigenvalue weighted by Crippen LogP contribution is -2.13. The molecule has 2 nitrogen and oxygen atoms in total. The summed E-state index contributed by atoms with van der Waals surface area (Å²) in [5.74, 6) is -0.148. The van der Waals surface area contributed by atoms with Crippen molar-refractivity contribution in [3.8, 4) is 0 Å². The van der Waals surface area contributed by atoms with E-state index >= 15 is 0 Å². The first kappa shape index (κ1) is 12.6. The van der Waals surface area contributed by atoms with E-state index in [9.17, 15) is 9.59 Å². The van der Waals surface area contributed by atoms with Gasteiger partial charge in [-0.25, -0.2) is 0 Å². The Balaban J connectivity index is 2.70. The summed E-state index contributed by atoms with van der Waals surface area (Å²) in [6, 6.07) is 7.48. The van der Waals surface area contributed by atoms with Gasteiger partial charge in [-0.05, 0) is 12.0 Å². The van der Waals surface area contributed by atoms with Gasteiger partial charge in [0.2, 0.25) is 0 Å². The first-order chi connectivity index (χ1) is 7.54. The van der Waals surface area contributed by atoms with Crippen molar-refractivity contribution in [3.05, 3.63) is 35.4 Å². The Morgan fingerprint density at radius 2 is 1.69 bits per heavy atom. The molecule has 0 aromatic heterocycles. The summed E-state index contributed by atoms with van der Waals surface area (Å²) in [5.41, 5.74) is 1.83. The van der Waals surface area contributed by atoms with Crippen LogP contribution >= 0.6 is 0 Å². The third kappa shape index (κ3) is 3.30. The fourth-order valence-electron chi connectivity index (χ4n) is 1.39. The molecule has 0 bridgehead atoms. The van der Waals surface area contributed by atoms with E-state index in [1.54, 1.807) is 12.1 Å². The Morgan fingerprint density at radius 1 is 1.12 bits per heavy atom. The predicted molar refractivity (Wildman–Crippen MR) is 64.6 cm³/mol. The van der Waals surface area contributed by atoms with E-state index < -0.39 is 0 Å². The minimum absolute atomic E-state index is 0.00423. The van der Waals surface area contributed by atoms with E-state index in [2.05, 4.69) is 6.92 Å².